The van der Waals surface area contributed by atoms with Crippen LogP contribution in [0.25, 0.3) is 5.52 Å². The molecule has 1 N–H and O–H groups in total. The van der Waals surface area contributed by atoms with Gasteiger partial charge in [-0.2, -0.15) is 0 Å². The van der Waals surface area contributed by atoms with E-state index in [4.69, 9.17) is 4.74 Å². The Morgan fingerprint density at radius 2 is 1.81 bits per heavy atom. The van der Waals surface area contributed by atoms with Crippen LogP contribution in [0.3, 0.4) is 0 Å². The number of aromatic nitrogens is 2. The summed E-state index contributed by atoms with van der Waals surface area (Å²) in [5.41, 5.74) is 1.40. The number of carbonyl (C=O) groups excluding carboxylic acids is 2. The molecular weight excluding hydrogens is 344 g/mol. The molecule has 3 aromatic rings. The van der Waals surface area contributed by atoms with Gasteiger partial charge in [0.15, 0.2) is 5.69 Å². The van der Waals surface area contributed by atoms with Crippen molar-refractivity contribution in [2.45, 2.75) is 13.8 Å². The predicted octanol–water partition coefficient (Wildman–Crippen LogP) is 3.08. The second-order valence-corrected chi connectivity index (χ2v) is 5.87. The maximum absolute atomic E-state index is 12.9. The number of anilines is 1. The third-order valence-corrected chi connectivity index (χ3v) is 4.36. The molecule has 0 fully saturated rings. The number of methoxy groups -OCH3 is 1. The molecule has 2 aromatic heterocycles. The lowest BCUT2D eigenvalue weighted by Gasteiger charge is -2.17. The number of nitrogens with zero attached hydrogens (tertiary/aromatic N) is 3. The first-order valence-corrected chi connectivity index (χ1v) is 8.81. The zero-order valence-electron chi connectivity index (χ0n) is 15.6. The number of carbonyl (C=O) groups is 2. The molecule has 2 amide bonds. The molecule has 140 valence electrons. The van der Waals surface area contributed by atoms with E-state index in [9.17, 15) is 9.59 Å². The minimum Gasteiger partial charge on any atom is -0.495 e. The molecule has 0 unspecified atom stereocenters. The third-order valence-electron chi connectivity index (χ3n) is 4.36. The van der Waals surface area contributed by atoms with E-state index in [-0.39, 0.29) is 17.4 Å². The zero-order chi connectivity index (χ0) is 19.4. The van der Waals surface area contributed by atoms with Gasteiger partial charge in [-0.15, -0.1) is 0 Å². The largest absolute Gasteiger partial charge is 0.495 e. The lowest BCUT2D eigenvalue weighted by Crippen LogP contribution is -2.31. The average molecular weight is 366 g/mol. The number of hydrogen-bond acceptors (Lipinski definition) is 4. The van der Waals surface area contributed by atoms with Gasteiger partial charge in [-0.05, 0) is 38.1 Å². The van der Waals surface area contributed by atoms with Crippen LogP contribution in [0.15, 0.2) is 48.7 Å². The molecule has 0 aliphatic carbocycles. The second-order valence-electron chi connectivity index (χ2n) is 5.87. The highest BCUT2D eigenvalue weighted by molar-refractivity contribution is 6.06. The Kier molecular flexibility index (Phi) is 5.40. The second kappa shape index (κ2) is 7.90. The van der Waals surface area contributed by atoms with Gasteiger partial charge in [0.2, 0.25) is 5.82 Å². The van der Waals surface area contributed by atoms with E-state index in [1.54, 1.807) is 45.8 Å². The fraction of sp³-hybridized carbons (Fsp3) is 0.250. The van der Waals surface area contributed by atoms with Gasteiger partial charge >= 0.3 is 0 Å². The van der Waals surface area contributed by atoms with E-state index >= 15 is 0 Å². The van der Waals surface area contributed by atoms with Gasteiger partial charge in [-0.1, -0.05) is 18.2 Å². The number of imidazole rings is 1. The number of ether oxygens (including phenoxy) is 1. The Morgan fingerprint density at radius 3 is 2.52 bits per heavy atom. The number of rotatable bonds is 6. The maximum atomic E-state index is 12.9. The number of fused-ring (bicyclic) bond motifs is 1. The monoisotopic (exact) mass is 366 g/mol. The number of pyridine rings is 1. The Morgan fingerprint density at radius 1 is 1.11 bits per heavy atom. The van der Waals surface area contributed by atoms with E-state index in [1.165, 1.54) is 7.11 Å². The van der Waals surface area contributed by atoms with E-state index in [1.807, 2.05) is 26.0 Å². The fourth-order valence-corrected chi connectivity index (χ4v) is 2.94. The molecule has 3 rings (SSSR count). The molecule has 27 heavy (non-hydrogen) atoms. The van der Waals surface area contributed by atoms with Gasteiger partial charge < -0.3 is 15.0 Å². The van der Waals surface area contributed by atoms with E-state index < -0.39 is 5.91 Å². The molecule has 0 aliphatic rings. The molecule has 0 radical (unpaired) electrons. The molecule has 0 aliphatic heterocycles. The van der Waals surface area contributed by atoms with E-state index in [2.05, 4.69) is 10.3 Å². The first-order chi connectivity index (χ1) is 13.1. The highest BCUT2D eigenvalue weighted by atomic mass is 16.5. The number of para-hydroxylation sites is 2. The van der Waals surface area contributed by atoms with Crippen LogP contribution in [-0.2, 0) is 0 Å². The van der Waals surface area contributed by atoms with Crippen LogP contribution in [0.5, 0.6) is 5.75 Å². The highest BCUT2D eigenvalue weighted by Crippen LogP contribution is 2.24. The van der Waals surface area contributed by atoms with Crippen molar-refractivity contribution in [2.75, 3.05) is 25.5 Å². The van der Waals surface area contributed by atoms with Gasteiger partial charge in [0.1, 0.15) is 5.75 Å². The maximum Gasteiger partial charge on any atom is 0.292 e. The van der Waals surface area contributed by atoms with Crippen LogP contribution in [-0.4, -0.2) is 46.3 Å². The Bertz CT molecular complexity index is 976. The average Bonchev–Trinajstić information content (AvgIpc) is 3.09. The Labute approximate surface area is 157 Å². The summed E-state index contributed by atoms with van der Waals surface area (Å²) in [6.45, 7) is 4.97. The van der Waals surface area contributed by atoms with E-state index in [0.717, 1.165) is 0 Å². The highest BCUT2D eigenvalue weighted by Gasteiger charge is 2.24. The molecule has 2 heterocycles. The molecule has 7 heteroatoms. The van der Waals surface area contributed by atoms with Crippen molar-refractivity contribution in [1.82, 2.24) is 14.3 Å². The van der Waals surface area contributed by atoms with Crippen LogP contribution in [0, 0.1) is 0 Å². The van der Waals surface area contributed by atoms with Gasteiger partial charge in [0.25, 0.3) is 11.8 Å². The van der Waals surface area contributed by atoms with Crippen molar-refractivity contribution in [2.24, 2.45) is 0 Å². The summed E-state index contributed by atoms with van der Waals surface area (Å²) in [7, 11) is 1.54. The lowest BCUT2D eigenvalue weighted by molar-refractivity contribution is 0.0769. The van der Waals surface area contributed by atoms with Gasteiger partial charge in [0.05, 0.1) is 18.3 Å². The van der Waals surface area contributed by atoms with Crippen molar-refractivity contribution in [3.05, 3.63) is 60.2 Å². The molecule has 0 saturated heterocycles. The minimum atomic E-state index is -0.417. The standard InChI is InChI=1S/C20H22N4O3/c1-4-23(5-2)20(26)17-15-11-8-9-13-24(15)18(22-17)19(25)21-14-10-6-7-12-16(14)27-3/h6-13H,4-5H2,1-3H3,(H,21,25). The summed E-state index contributed by atoms with van der Waals surface area (Å²) in [6.07, 6.45) is 1.72. The minimum absolute atomic E-state index is 0.145. The SMILES string of the molecule is CCN(CC)C(=O)c1nc(C(=O)Nc2ccccc2OC)n2ccccc12. The third kappa shape index (κ3) is 3.48. The topological polar surface area (TPSA) is 75.9 Å². The van der Waals surface area contributed by atoms with Crippen molar-refractivity contribution in [3.8, 4) is 5.75 Å². The molecule has 1 aromatic carbocycles. The van der Waals surface area contributed by atoms with Crippen LogP contribution < -0.4 is 10.1 Å². The zero-order valence-corrected chi connectivity index (χ0v) is 15.6. The molecule has 0 saturated carbocycles. The van der Waals surface area contributed by atoms with Crippen molar-refractivity contribution >= 4 is 23.0 Å². The van der Waals surface area contributed by atoms with Crippen molar-refractivity contribution in [1.29, 1.82) is 0 Å². The predicted molar refractivity (Wildman–Crippen MR) is 103 cm³/mol. The number of hydrogen-bond donors (Lipinski definition) is 1. The summed E-state index contributed by atoms with van der Waals surface area (Å²) >= 11 is 0. The van der Waals surface area contributed by atoms with Gasteiger partial charge in [-0.3, -0.25) is 14.0 Å². The fourth-order valence-electron chi connectivity index (χ4n) is 2.94. The summed E-state index contributed by atoms with van der Waals surface area (Å²) < 4.78 is 6.90. The molecule has 0 spiro atoms. The van der Waals surface area contributed by atoms with Crippen LogP contribution in [0.1, 0.15) is 35.0 Å². The van der Waals surface area contributed by atoms with Crippen LogP contribution in [0.4, 0.5) is 5.69 Å². The summed E-state index contributed by atoms with van der Waals surface area (Å²) in [4.78, 5) is 31.7. The molecule has 0 bridgehead atoms. The van der Waals surface area contributed by atoms with Crippen LogP contribution in [0.2, 0.25) is 0 Å². The molecular formula is C20H22N4O3. The Balaban J connectivity index is 2.02. The van der Waals surface area contributed by atoms with Crippen molar-refractivity contribution in [3.63, 3.8) is 0 Å². The number of amides is 2. The smallest absolute Gasteiger partial charge is 0.292 e. The number of nitrogens with one attached hydrogen (secondary N) is 1. The summed E-state index contributed by atoms with van der Waals surface area (Å²) in [6, 6.07) is 12.5. The first-order valence-electron chi connectivity index (χ1n) is 8.81. The molecule has 7 nitrogen and oxygen atoms in total. The first kappa shape index (κ1) is 18.4. The van der Waals surface area contributed by atoms with Gasteiger partial charge in [-0.25, -0.2) is 4.98 Å². The van der Waals surface area contributed by atoms with Crippen molar-refractivity contribution < 1.29 is 14.3 Å². The summed E-state index contributed by atoms with van der Waals surface area (Å²) in [5.74, 6) is 0.0810. The Hall–Kier alpha value is -3.35. The normalized spacial score (nSPS) is 10.6. The van der Waals surface area contributed by atoms with Crippen LogP contribution >= 0.6 is 0 Å². The van der Waals surface area contributed by atoms with E-state index in [0.29, 0.717) is 30.0 Å². The lowest BCUT2D eigenvalue weighted by atomic mass is 10.3. The quantitative estimate of drug-likeness (QED) is 0.727. The molecule has 0 atom stereocenters. The number of benzene rings is 1. The summed E-state index contributed by atoms with van der Waals surface area (Å²) in [5, 5.41) is 2.81. The van der Waals surface area contributed by atoms with Gasteiger partial charge in [0, 0.05) is 19.3 Å².